The van der Waals surface area contributed by atoms with E-state index in [2.05, 4.69) is 15.4 Å². The molecule has 7 nitrogen and oxygen atoms in total. The van der Waals surface area contributed by atoms with Gasteiger partial charge in [0.2, 0.25) is 5.91 Å². The summed E-state index contributed by atoms with van der Waals surface area (Å²) in [5, 5.41) is 16.9. The van der Waals surface area contributed by atoms with Crippen molar-refractivity contribution in [1.82, 2.24) is 14.6 Å². The maximum absolute atomic E-state index is 13.5. The number of anilines is 2. The van der Waals surface area contributed by atoms with Gasteiger partial charge in [-0.1, -0.05) is 26.8 Å². The molecule has 3 aromatic rings. The van der Waals surface area contributed by atoms with Crippen molar-refractivity contribution in [3.8, 4) is 11.3 Å². The Morgan fingerprint density at radius 1 is 1.18 bits per heavy atom. The summed E-state index contributed by atoms with van der Waals surface area (Å²) in [5.74, 6) is 0.172. The van der Waals surface area contributed by atoms with Crippen LogP contribution in [-0.4, -0.2) is 44.8 Å². The largest absolute Gasteiger partial charge is 0.418 e. The fourth-order valence-corrected chi connectivity index (χ4v) is 3.71. The van der Waals surface area contributed by atoms with E-state index in [1.54, 1.807) is 37.5 Å². The second-order valence-corrected chi connectivity index (χ2v) is 9.32. The lowest BCUT2D eigenvalue weighted by atomic mass is 9.95. The lowest BCUT2D eigenvalue weighted by Gasteiger charge is -2.30. The highest BCUT2D eigenvalue weighted by atomic mass is 19.4. The Hall–Kier alpha value is -3.14. The Bertz CT molecular complexity index is 1180. The molecular formula is C23H26F3N5O2. The number of fused-ring (bicyclic) bond motifs is 1. The number of β-amino-alcohol motifs (C(OH)–C–C–N with tert-alkyl or cyclic N) is 1. The molecule has 1 aliphatic rings. The third-order valence-corrected chi connectivity index (χ3v) is 5.58. The van der Waals surface area contributed by atoms with Crippen LogP contribution in [0, 0.1) is 5.41 Å². The van der Waals surface area contributed by atoms with Crippen molar-refractivity contribution in [1.29, 1.82) is 0 Å². The number of rotatable bonds is 3. The van der Waals surface area contributed by atoms with E-state index in [-0.39, 0.29) is 5.69 Å². The quantitative estimate of drug-likeness (QED) is 0.606. The molecule has 1 fully saturated rings. The Kier molecular flexibility index (Phi) is 5.81. The van der Waals surface area contributed by atoms with Gasteiger partial charge in [-0.2, -0.15) is 13.2 Å². The minimum absolute atomic E-state index is 0.312. The van der Waals surface area contributed by atoms with Gasteiger partial charge in [0.1, 0.15) is 5.82 Å². The van der Waals surface area contributed by atoms with Gasteiger partial charge in [-0.3, -0.25) is 4.79 Å². The zero-order chi connectivity index (χ0) is 24.0. The normalized spacial score (nSPS) is 17.4. The van der Waals surface area contributed by atoms with Crippen molar-refractivity contribution < 1.29 is 23.1 Å². The Morgan fingerprint density at radius 2 is 1.94 bits per heavy atom. The van der Waals surface area contributed by atoms with Crippen LogP contribution in [0.15, 0.2) is 36.5 Å². The number of aliphatic hydroxyl groups is 1. The number of aromatic nitrogens is 3. The van der Waals surface area contributed by atoms with Crippen LogP contribution < -0.4 is 10.2 Å². The van der Waals surface area contributed by atoms with Gasteiger partial charge in [0.25, 0.3) is 0 Å². The molecule has 1 atom stereocenters. The van der Waals surface area contributed by atoms with Crippen LogP contribution in [0.5, 0.6) is 0 Å². The molecule has 0 bridgehead atoms. The lowest BCUT2D eigenvalue weighted by molar-refractivity contribution is -0.137. The first-order valence-electron chi connectivity index (χ1n) is 10.7. The summed E-state index contributed by atoms with van der Waals surface area (Å²) in [6.07, 6.45) is -1.76. The number of alkyl halides is 3. The minimum Gasteiger partial charge on any atom is -0.391 e. The first-order chi connectivity index (χ1) is 15.4. The highest BCUT2D eigenvalue weighted by molar-refractivity contribution is 5.96. The van der Waals surface area contributed by atoms with Gasteiger partial charge >= 0.3 is 6.18 Å². The van der Waals surface area contributed by atoms with Crippen LogP contribution in [-0.2, 0) is 11.0 Å². The zero-order valence-corrected chi connectivity index (χ0v) is 18.6. The van der Waals surface area contributed by atoms with E-state index in [1.807, 2.05) is 11.0 Å². The number of piperidine rings is 1. The number of halogens is 3. The standard InChI is InChI=1S/C23H26F3N5O2/c1-22(2,3)21(33)28-17-11-14(6-7-16(17)23(24,25)26)18-13-31-19(27-18)8-9-20(29-31)30-10-4-5-15(32)12-30/h6-9,11,13,15,32H,4-5,10,12H2,1-3H3,(H,28,33). The molecule has 0 spiro atoms. The highest BCUT2D eigenvalue weighted by Crippen LogP contribution is 2.37. The third kappa shape index (κ3) is 4.95. The van der Waals surface area contributed by atoms with E-state index in [0.717, 1.165) is 25.5 Å². The fourth-order valence-electron chi connectivity index (χ4n) is 3.71. The Balaban J connectivity index is 1.69. The van der Waals surface area contributed by atoms with Gasteiger partial charge in [-0.05, 0) is 37.1 Å². The molecule has 0 radical (unpaired) electrons. The second kappa shape index (κ2) is 8.33. The summed E-state index contributed by atoms with van der Waals surface area (Å²) in [6.45, 7) is 6.17. The van der Waals surface area contributed by atoms with Crippen molar-refractivity contribution in [2.24, 2.45) is 5.41 Å². The summed E-state index contributed by atoms with van der Waals surface area (Å²) in [7, 11) is 0. The predicted octanol–water partition coefficient (Wildman–Crippen LogP) is 4.36. The number of amides is 1. The van der Waals surface area contributed by atoms with Gasteiger partial charge in [-0.25, -0.2) is 9.50 Å². The third-order valence-electron chi connectivity index (χ3n) is 5.58. The molecule has 4 rings (SSSR count). The van der Waals surface area contributed by atoms with Crippen LogP contribution in [0.1, 0.15) is 39.2 Å². The van der Waals surface area contributed by atoms with Gasteiger partial charge in [0, 0.05) is 24.1 Å². The topological polar surface area (TPSA) is 82.8 Å². The zero-order valence-electron chi connectivity index (χ0n) is 18.6. The maximum Gasteiger partial charge on any atom is 0.418 e. The number of carbonyl (C=O) groups excluding carboxylic acids is 1. The molecule has 176 valence electrons. The molecule has 1 amide bonds. The minimum atomic E-state index is -4.62. The van der Waals surface area contributed by atoms with E-state index in [9.17, 15) is 23.1 Å². The molecule has 1 aliphatic heterocycles. The van der Waals surface area contributed by atoms with Crippen molar-refractivity contribution in [3.63, 3.8) is 0 Å². The van der Waals surface area contributed by atoms with E-state index in [1.165, 1.54) is 12.1 Å². The molecule has 3 heterocycles. The van der Waals surface area contributed by atoms with Gasteiger partial charge in [0.15, 0.2) is 5.65 Å². The Morgan fingerprint density at radius 3 is 2.61 bits per heavy atom. The molecule has 10 heteroatoms. The first-order valence-corrected chi connectivity index (χ1v) is 10.7. The van der Waals surface area contributed by atoms with Crippen LogP contribution >= 0.6 is 0 Å². The van der Waals surface area contributed by atoms with Crippen LogP contribution in [0.2, 0.25) is 0 Å². The molecule has 1 unspecified atom stereocenters. The van der Waals surface area contributed by atoms with Crippen molar-refractivity contribution in [2.75, 3.05) is 23.3 Å². The average Bonchev–Trinajstić information content (AvgIpc) is 3.15. The van der Waals surface area contributed by atoms with Gasteiger partial charge < -0.3 is 15.3 Å². The fraction of sp³-hybridized carbons (Fsp3) is 0.435. The molecule has 0 aliphatic carbocycles. The van der Waals surface area contributed by atoms with Crippen LogP contribution in [0.4, 0.5) is 24.7 Å². The number of aliphatic hydroxyl groups excluding tert-OH is 1. The Labute approximate surface area is 189 Å². The monoisotopic (exact) mass is 461 g/mol. The summed E-state index contributed by atoms with van der Waals surface area (Å²) in [4.78, 5) is 18.9. The van der Waals surface area contributed by atoms with Crippen molar-refractivity contribution >= 4 is 23.1 Å². The highest BCUT2D eigenvalue weighted by Gasteiger charge is 2.35. The average molecular weight is 461 g/mol. The number of carbonyl (C=O) groups is 1. The number of hydrogen-bond acceptors (Lipinski definition) is 5. The van der Waals surface area contributed by atoms with E-state index < -0.39 is 29.2 Å². The van der Waals surface area contributed by atoms with Crippen molar-refractivity contribution in [3.05, 3.63) is 42.1 Å². The molecule has 1 aromatic carbocycles. The van der Waals surface area contributed by atoms with Gasteiger partial charge in [0.05, 0.1) is 29.2 Å². The van der Waals surface area contributed by atoms with Crippen LogP contribution in [0.25, 0.3) is 16.9 Å². The van der Waals surface area contributed by atoms with E-state index in [0.29, 0.717) is 29.3 Å². The smallest absolute Gasteiger partial charge is 0.391 e. The first kappa shape index (κ1) is 23.0. The van der Waals surface area contributed by atoms with Crippen LogP contribution in [0.3, 0.4) is 0 Å². The van der Waals surface area contributed by atoms with E-state index >= 15 is 0 Å². The molecule has 0 saturated carbocycles. The molecule has 33 heavy (non-hydrogen) atoms. The molecule has 2 aromatic heterocycles. The number of nitrogens with zero attached hydrogens (tertiary/aromatic N) is 4. The summed E-state index contributed by atoms with van der Waals surface area (Å²) < 4.78 is 42.2. The number of benzene rings is 1. The molecule has 1 saturated heterocycles. The number of imidazole rings is 1. The number of nitrogens with one attached hydrogen (secondary N) is 1. The van der Waals surface area contributed by atoms with Crippen molar-refractivity contribution in [2.45, 2.75) is 45.9 Å². The lowest BCUT2D eigenvalue weighted by Crippen LogP contribution is -2.38. The SMILES string of the molecule is CC(C)(C)C(=O)Nc1cc(-c2cn3nc(N4CCCC(O)C4)ccc3n2)ccc1C(F)(F)F. The molecular weight excluding hydrogens is 435 g/mol. The number of hydrogen-bond donors (Lipinski definition) is 2. The summed E-state index contributed by atoms with van der Waals surface area (Å²) in [5.41, 5.74) is -0.702. The summed E-state index contributed by atoms with van der Waals surface area (Å²) >= 11 is 0. The second-order valence-electron chi connectivity index (χ2n) is 9.32. The van der Waals surface area contributed by atoms with E-state index in [4.69, 9.17) is 0 Å². The predicted molar refractivity (Wildman–Crippen MR) is 119 cm³/mol. The van der Waals surface area contributed by atoms with Gasteiger partial charge in [-0.15, -0.1) is 5.10 Å². The molecule has 2 N–H and O–H groups in total. The maximum atomic E-state index is 13.5. The summed E-state index contributed by atoms with van der Waals surface area (Å²) in [6, 6.07) is 7.16.